The maximum Gasteiger partial charge on any atom is 0.288 e. The lowest BCUT2D eigenvalue weighted by atomic mass is 10.0. The molecule has 0 aliphatic heterocycles. The molecule has 6 nitrogen and oxygen atoms in total. The van der Waals surface area contributed by atoms with Gasteiger partial charge in [-0.05, 0) is 30.2 Å². The molecule has 150 valence electrons. The van der Waals surface area contributed by atoms with Crippen molar-refractivity contribution in [1.82, 2.24) is 0 Å². The minimum atomic E-state index is -0.605. The molecule has 28 heavy (non-hydrogen) atoms. The number of carbonyl (C=O) groups excluding carboxylic acids is 1. The van der Waals surface area contributed by atoms with E-state index in [1.54, 1.807) is 6.07 Å². The average molecular weight is 425 g/mol. The fourth-order valence-corrected chi connectivity index (χ4v) is 2.80. The van der Waals surface area contributed by atoms with Crippen LogP contribution >= 0.6 is 11.6 Å². The first kappa shape index (κ1) is 23.8. The molecule has 0 spiro atoms. The molecule has 0 fully saturated rings. The summed E-state index contributed by atoms with van der Waals surface area (Å²) in [6.07, 6.45) is 2.64. The highest BCUT2D eigenvalue weighted by Crippen LogP contribution is 2.25. The lowest BCUT2D eigenvalue weighted by Crippen LogP contribution is -3.00. The molecule has 2 aromatic carbocycles. The summed E-state index contributed by atoms with van der Waals surface area (Å²) in [6, 6.07) is 13.7. The third-order valence-electron chi connectivity index (χ3n) is 4.20. The molecule has 0 aliphatic rings. The minimum absolute atomic E-state index is 0. The second-order valence-electron chi connectivity index (χ2n) is 6.26. The Morgan fingerprint density at radius 1 is 1.29 bits per heavy atom. The van der Waals surface area contributed by atoms with Gasteiger partial charge in [-0.15, -0.1) is 0 Å². The number of halogens is 2. The van der Waals surface area contributed by atoms with Crippen LogP contribution in [-0.2, 0) is 4.79 Å². The number of nitro benzene ring substituents is 1. The highest BCUT2D eigenvalue weighted by Gasteiger charge is 2.18. The molecule has 2 atom stereocenters. The fraction of sp³-hybridized carbons (Fsp3) is 0.250. The third kappa shape index (κ3) is 7.05. The number of allylic oxidation sites excluding steroid dienone is 1. The van der Waals surface area contributed by atoms with Crippen molar-refractivity contribution in [2.45, 2.75) is 25.5 Å². The Morgan fingerprint density at radius 3 is 2.61 bits per heavy atom. The summed E-state index contributed by atoms with van der Waals surface area (Å²) in [7, 11) is 0. The van der Waals surface area contributed by atoms with Crippen LogP contribution < -0.4 is 17.7 Å². The number of hydrogen-bond donors (Lipinski definition) is 2. The number of rotatable bonds is 9. The van der Waals surface area contributed by atoms with Crippen LogP contribution in [0, 0.1) is 10.1 Å². The molecule has 0 radical (unpaired) electrons. The van der Waals surface area contributed by atoms with Crippen LogP contribution in [0.5, 0.6) is 0 Å². The van der Waals surface area contributed by atoms with Crippen LogP contribution in [-0.4, -0.2) is 28.4 Å². The van der Waals surface area contributed by atoms with Gasteiger partial charge in [-0.25, -0.2) is 0 Å². The number of quaternary nitrogens is 1. The van der Waals surface area contributed by atoms with Crippen LogP contribution in [0.15, 0.2) is 54.6 Å². The molecule has 2 unspecified atom stereocenters. The Balaban J connectivity index is 0.00000392. The number of aliphatic hydroxyl groups excluding tert-OH is 1. The molecule has 0 saturated heterocycles. The first-order chi connectivity index (χ1) is 12.9. The van der Waals surface area contributed by atoms with E-state index in [0.29, 0.717) is 18.5 Å². The number of nitrogens with zero attached hydrogens (tertiary/aromatic N) is 1. The van der Waals surface area contributed by atoms with E-state index in [0.717, 1.165) is 5.56 Å². The van der Waals surface area contributed by atoms with Gasteiger partial charge in [0, 0.05) is 6.07 Å². The molecule has 0 amide bonds. The van der Waals surface area contributed by atoms with Crippen molar-refractivity contribution in [3.63, 3.8) is 0 Å². The summed E-state index contributed by atoms with van der Waals surface area (Å²) >= 11 is 5.76. The van der Waals surface area contributed by atoms with Crippen LogP contribution in [0.2, 0.25) is 5.02 Å². The van der Waals surface area contributed by atoms with Crippen LogP contribution in [0.25, 0.3) is 6.08 Å². The van der Waals surface area contributed by atoms with Crippen LogP contribution in [0.1, 0.15) is 30.6 Å². The number of nitrogens with two attached hydrogens (primary N) is 1. The molecular formula is C20H22Cl2N2O4. The van der Waals surface area contributed by atoms with E-state index < -0.39 is 11.0 Å². The first-order valence-electron chi connectivity index (χ1n) is 8.59. The minimum Gasteiger partial charge on any atom is -1.00 e. The summed E-state index contributed by atoms with van der Waals surface area (Å²) in [5, 5.41) is 23.2. The normalized spacial score (nSPS) is 13.0. The topological polar surface area (TPSA) is 97.0 Å². The Morgan fingerprint density at radius 2 is 1.96 bits per heavy atom. The Bertz CT molecular complexity index is 828. The van der Waals surface area contributed by atoms with Crippen LogP contribution in [0.3, 0.4) is 0 Å². The molecule has 0 heterocycles. The highest BCUT2D eigenvalue weighted by molar-refractivity contribution is 6.32. The lowest BCUT2D eigenvalue weighted by Gasteiger charge is -2.17. The average Bonchev–Trinajstić information content (AvgIpc) is 2.67. The maximum atomic E-state index is 12.0. The van der Waals surface area contributed by atoms with Crippen molar-refractivity contribution in [3.05, 3.63) is 80.9 Å². The van der Waals surface area contributed by atoms with Gasteiger partial charge in [-0.2, -0.15) is 0 Å². The number of aliphatic hydroxyl groups is 1. The zero-order valence-electron chi connectivity index (χ0n) is 15.3. The van der Waals surface area contributed by atoms with Crippen molar-refractivity contribution in [2.75, 3.05) is 6.54 Å². The SMILES string of the molecule is CC([NH2+]CCC(=O)/C=C/c1ccc(Cl)c([N+](=O)[O-])c1)C(O)c1ccccc1.[Cl-]. The van der Waals surface area contributed by atoms with Crippen molar-refractivity contribution < 1.29 is 32.5 Å². The zero-order chi connectivity index (χ0) is 19.8. The fourth-order valence-electron chi connectivity index (χ4n) is 2.62. The van der Waals surface area contributed by atoms with E-state index in [-0.39, 0.29) is 34.9 Å². The molecular weight excluding hydrogens is 403 g/mol. The van der Waals surface area contributed by atoms with E-state index in [9.17, 15) is 20.0 Å². The second-order valence-corrected chi connectivity index (χ2v) is 6.66. The molecule has 0 aliphatic carbocycles. The zero-order valence-corrected chi connectivity index (χ0v) is 16.8. The van der Waals surface area contributed by atoms with Crippen molar-refractivity contribution >= 4 is 29.1 Å². The number of nitro groups is 1. The lowest BCUT2D eigenvalue weighted by molar-refractivity contribution is -0.693. The van der Waals surface area contributed by atoms with Gasteiger partial charge >= 0.3 is 0 Å². The Hall–Kier alpha value is -2.25. The highest BCUT2D eigenvalue weighted by atomic mass is 35.5. The van der Waals surface area contributed by atoms with Gasteiger partial charge in [-0.1, -0.05) is 54.1 Å². The molecule has 0 bridgehead atoms. The predicted molar refractivity (Wildman–Crippen MR) is 104 cm³/mol. The summed E-state index contributed by atoms with van der Waals surface area (Å²) in [5.41, 5.74) is 1.19. The van der Waals surface area contributed by atoms with Gasteiger partial charge < -0.3 is 22.8 Å². The number of hydrogen-bond acceptors (Lipinski definition) is 4. The van der Waals surface area contributed by atoms with E-state index >= 15 is 0 Å². The molecule has 3 N–H and O–H groups in total. The van der Waals surface area contributed by atoms with Gasteiger partial charge in [0.15, 0.2) is 5.78 Å². The standard InChI is InChI=1S/C20H21ClN2O4.ClH/c1-14(20(25)16-5-3-2-4-6-16)22-12-11-17(24)9-7-15-8-10-18(21)19(13-15)23(26)27;/h2-10,13-14,20,22,25H,11-12H2,1H3;1H/b9-7+;. The predicted octanol–water partition coefficient (Wildman–Crippen LogP) is -0.0899. The van der Waals surface area contributed by atoms with Gasteiger partial charge in [-0.3, -0.25) is 14.9 Å². The summed E-state index contributed by atoms with van der Waals surface area (Å²) < 4.78 is 0. The van der Waals surface area contributed by atoms with Gasteiger partial charge in [0.05, 0.1) is 17.9 Å². The Kier molecular flexibility index (Phi) is 9.82. The third-order valence-corrected chi connectivity index (χ3v) is 4.52. The molecule has 2 aromatic rings. The van der Waals surface area contributed by atoms with Crippen molar-refractivity contribution in [1.29, 1.82) is 0 Å². The number of benzene rings is 2. The van der Waals surface area contributed by atoms with Gasteiger partial charge in [0.2, 0.25) is 0 Å². The van der Waals surface area contributed by atoms with E-state index in [1.165, 1.54) is 24.3 Å². The largest absolute Gasteiger partial charge is 1.00 e. The van der Waals surface area contributed by atoms with Crippen LogP contribution in [0.4, 0.5) is 5.69 Å². The molecule has 0 saturated carbocycles. The van der Waals surface area contributed by atoms with Crippen molar-refractivity contribution in [2.24, 2.45) is 0 Å². The van der Waals surface area contributed by atoms with E-state index in [1.807, 2.05) is 42.6 Å². The molecule has 8 heteroatoms. The first-order valence-corrected chi connectivity index (χ1v) is 8.97. The Labute approximate surface area is 174 Å². The summed E-state index contributed by atoms with van der Waals surface area (Å²) in [4.78, 5) is 22.3. The van der Waals surface area contributed by atoms with E-state index in [2.05, 4.69) is 0 Å². The monoisotopic (exact) mass is 424 g/mol. The van der Waals surface area contributed by atoms with Gasteiger partial charge in [0.25, 0.3) is 5.69 Å². The summed E-state index contributed by atoms with van der Waals surface area (Å²) in [6.45, 7) is 2.44. The smallest absolute Gasteiger partial charge is 0.288 e. The number of carbonyl (C=O) groups is 1. The van der Waals surface area contributed by atoms with E-state index in [4.69, 9.17) is 11.6 Å². The summed E-state index contributed by atoms with van der Waals surface area (Å²) in [5.74, 6) is -0.0924. The van der Waals surface area contributed by atoms with Gasteiger partial charge in [0.1, 0.15) is 17.2 Å². The molecule has 2 rings (SSSR count). The quantitative estimate of drug-likeness (QED) is 0.334. The molecule has 0 aromatic heterocycles. The van der Waals surface area contributed by atoms with Crippen molar-refractivity contribution in [3.8, 4) is 0 Å². The maximum absolute atomic E-state index is 12.0. The number of ketones is 1. The second kappa shape index (κ2) is 11.6.